The SMILES string of the molecule is CC(C)(C)[Si](C)(C)Oc1ccc(/C=C\Br)cc1. The maximum Gasteiger partial charge on any atom is 0.250 e. The van der Waals surface area contributed by atoms with Crippen molar-refractivity contribution in [1.29, 1.82) is 0 Å². The van der Waals surface area contributed by atoms with Crippen LogP contribution in [0.5, 0.6) is 5.75 Å². The van der Waals surface area contributed by atoms with Gasteiger partial charge in [0.1, 0.15) is 5.75 Å². The third-order valence-corrected chi connectivity index (χ3v) is 7.94. The van der Waals surface area contributed by atoms with Gasteiger partial charge < -0.3 is 4.43 Å². The highest BCUT2D eigenvalue weighted by molar-refractivity contribution is 9.11. The van der Waals surface area contributed by atoms with Gasteiger partial charge in [-0.2, -0.15) is 0 Å². The molecule has 1 nitrogen and oxygen atoms in total. The van der Waals surface area contributed by atoms with Crippen LogP contribution in [0.2, 0.25) is 18.1 Å². The lowest BCUT2D eigenvalue weighted by molar-refractivity contribution is 0.492. The molecule has 0 N–H and O–H groups in total. The molecule has 0 spiro atoms. The summed E-state index contributed by atoms with van der Waals surface area (Å²) < 4.78 is 6.20. The van der Waals surface area contributed by atoms with Crippen molar-refractivity contribution >= 4 is 30.3 Å². The Morgan fingerprint density at radius 2 is 1.65 bits per heavy atom. The minimum Gasteiger partial charge on any atom is -0.544 e. The molecular weight excluding hydrogens is 292 g/mol. The number of hydrogen-bond donors (Lipinski definition) is 0. The zero-order valence-electron chi connectivity index (χ0n) is 11.3. The van der Waals surface area contributed by atoms with Gasteiger partial charge in [-0.05, 0) is 46.9 Å². The molecule has 0 aromatic heterocycles. The lowest BCUT2D eigenvalue weighted by atomic mass is 10.2. The van der Waals surface area contributed by atoms with E-state index >= 15 is 0 Å². The monoisotopic (exact) mass is 312 g/mol. The molecular formula is C14H21BrOSi. The van der Waals surface area contributed by atoms with Crippen LogP contribution in [0, 0.1) is 0 Å². The molecule has 94 valence electrons. The summed E-state index contributed by atoms with van der Waals surface area (Å²) in [6.07, 6.45) is 2.01. The molecule has 3 heteroatoms. The second-order valence-electron chi connectivity index (χ2n) is 5.72. The van der Waals surface area contributed by atoms with Gasteiger partial charge in [0.15, 0.2) is 0 Å². The zero-order chi connectivity index (χ0) is 13.1. The zero-order valence-corrected chi connectivity index (χ0v) is 13.8. The van der Waals surface area contributed by atoms with Crippen molar-refractivity contribution in [3.63, 3.8) is 0 Å². The van der Waals surface area contributed by atoms with Gasteiger partial charge in [-0.25, -0.2) is 0 Å². The highest BCUT2D eigenvalue weighted by Crippen LogP contribution is 2.37. The van der Waals surface area contributed by atoms with E-state index in [-0.39, 0.29) is 5.04 Å². The first-order chi connectivity index (χ1) is 7.76. The van der Waals surface area contributed by atoms with Gasteiger partial charge in [0, 0.05) is 0 Å². The molecule has 0 saturated heterocycles. The molecule has 1 aromatic carbocycles. The largest absolute Gasteiger partial charge is 0.544 e. The number of rotatable bonds is 3. The third-order valence-electron chi connectivity index (χ3n) is 3.31. The average molecular weight is 313 g/mol. The highest BCUT2D eigenvalue weighted by atomic mass is 79.9. The number of hydrogen-bond acceptors (Lipinski definition) is 1. The summed E-state index contributed by atoms with van der Waals surface area (Å²) in [5, 5.41) is 0.238. The van der Waals surface area contributed by atoms with Crippen molar-refractivity contribution in [3.05, 3.63) is 34.8 Å². The van der Waals surface area contributed by atoms with Gasteiger partial charge in [-0.1, -0.05) is 48.8 Å². The first kappa shape index (κ1) is 14.5. The van der Waals surface area contributed by atoms with E-state index in [1.54, 1.807) is 0 Å². The van der Waals surface area contributed by atoms with E-state index in [1.165, 1.54) is 5.56 Å². The minimum atomic E-state index is -1.71. The van der Waals surface area contributed by atoms with E-state index in [0.717, 1.165) is 5.75 Å². The summed E-state index contributed by atoms with van der Waals surface area (Å²) in [6.45, 7) is 11.3. The lowest BCUT2D eigenvalue weighted by Crippen LogP contribution is -2.43. The molecule has 0 aliphatic rings. The molecule has 0 bridgehead atoms. The Labute approximate surface area is 114 Å². The molecule has 0 aliphatic carbocycles. The maximum atomic E-state index is 6.20. The molecule has 0 amide bonds. The van der Waals surface area contributed by atoms with Crippen molar-refractivity contribution in [2.75, 3.05) is 0 Å². The van der Waals surface area contributed by atoms with Gasteiger partial charge in [0.25, 0.3) is 0 Å². The van der Waals surface area contributed by atoms with Crippen LogP contribution in [0.4, 0.5) is 0 Å². The molecule has 1 rings (SSSR count). The summed E-state index contributed by atoms with van der Waals surface area (Å²) in [5.74, 6) is 0.975. The fourth-order valence-electron chi connectivity index (χ4n) is 1.17. The lowest BCUT2D eigenvalue weighted by Gasteiger charge is -2.36. The van der Waals surface area contributed by atoms with Crippen molar-refractivity contribution in [2.24, 2.45) is 0 Å². The summed E-state index contributed by atoms with van der Waals surface area (Å²) >= 11 is 3.27. The number of benzene rings is 1. The van der Waals surface area contributed by atoms with Gasteiger partial charge in [0.05, 0.1) is 0 Å². The van der Waals surface area contributed by atoms with Crippen molar-refractivity contribution in [2.45, 2.75) is 38.9 Å². The summed E-state index contributed by atoms with van der Waals surface area (Å²) in [6, 6.07) is 8.23. The number of halogens is 1. The Kier molecular flexibility index (Phi) is 4.61. The Hall–Kier alpha value is -0.543. The first-order valence-electron chi connectivity index (χ1n) is 5.82. The Bertz CT molecular complexity index is 388. The quantitative estimate of drug-likeness (QED) is 0.676. The average Bonchev–Trinajstić information content (AvgIpc) is 2.19. The summed E-state index contributed by atoms with van der Waals surface area (Å²) in [7, 11) is -1.71. The fourth-order valence-corrected chi connectivity index (χ4v) is 2.50. The second-order valence-corrected chi connectivity index (χ2v) is 11.0. The maximum absolute atomic E-state index is 6.20. The molecule has 0 atom stereocenters. The van der Waals surface area contributed by atoms with Gasteiger partial charge in [-0.3, -0.25) is 0 Å². The molecule has 17 heavy (non-hydrogen) atoms. The minimum absolute atomic E-state index is 0.238. The van der Waals surface area contributed by atoms with Crippen LogP contribution in [0.25, 0.3) is 6.08 Å². The summed E-state index contributed by atoms with van der Waals surface area (Å²) in [5.41, 5.74) is 1.17. The van der Waals surface area contributed by atoms with Crippen LogP contribution in [0.3, 0.4) is 0 Å². The Balaban J connectivity index is 2.83. The van der Waals surface area contributed by atoms with Crippen LogP contribution in [0.15, 0.2) is 29.3 Å². The van der Waals surface area contributed by atoms with E-state index in [9.17, 15) is 0 Å². The van der Waals surface area contributed by atoms with E-state index in [4.69, 9.17) is 4.43 Å². The summed E-state index contributed by atoms with van der Waals surface area (Å²) in [4.78, 5) is 1.86. The van der Waals surface area contributed by atoms with Gasteiger partial charge >= 0.3 is 0 Å². The van der Waals surface area contributed by atoms with Crippen LogP contribution < -0.4 is 4.43 Å². The molecule has 1 aromatic rings. The van der Waals surface area contributed by atoms with Gasteiger partial charge in [-0.15, -0.1) is 0 Å². The molecule has 0 unspecified atom stereocenters. The van der Waals surface area contributed by atoms with Crippen molar-refractivity contribution < 1.29 is 4.43 Å². The van der Waals surface area contributed by atoms with Crippen molar-refractivity contribution in [3.8, 4) is 5.75 Å². The van der Waals surface area contributed by atoms with Crippen molar-refractivity contribution in [1.82, 2.24) is 0 Å². The normalized spacial score (nSPS) is 13.1. The fraction of sp³-hybridized carbons (Fsp3) is 0.429. The third kappa shape index (κ3) is 4.00. The molecule has 0 fully saturated rings. The van der Waals surface area contributed by atoms with E-state index in [1.807, 2.05) is 23.2 Å². The standard InChI is InChI=1S/C14H21BrOSi/c1-14(2,3)17(4,5)16-13-8-6-12(7-9-13)10-11-15/h6-11H,1-5H3/b11-10-. The predicted octanol–water partition coefficient (Wildman–Crippen LogP) is 5.44. The molecule has 0 heterocycles. The highest BCUT2D eigenvalue weighted by Gasteiger charge is 2.38. The molecule has 0 radical (unpaired) electrons. The van der Waals surface area contributed by atoms with E-state index < -0.39 is 8.32 Å². The smallest absolute Gasteiger partial charge is 0.250 e. The molecule has 0 saturated carbocycles. The van der Waals surface area contributed by atoms with E-state index in [0.29, 0.717) is 0 Å². The van der Waals surface area contributed by atoms with E-state index in [2.05, 4.69) is 61.9 Å². The molecule has 0 aliphatic heterocycles. The Morgan fingerprint density at radius 1 is 1.12 bits per heavy atom. The predicted molar refractivity (Wildman–Crippen MR) is 82.2 cm³/mol. The van der Waals surface area contributed by atoms with Crippen LogP contribution in [-0.2, 0) is 0 Å². The van der Waals surface area contributed by atoms with Crippen LogP contribution in [0.1, 0.15) is 26.3 Å². The van der Waals surface area contributed by atoms with Crippen LogP contribution >= 0.6 is 15.9 Å². The topological polar surface area (TPSA) is 9.23 Å². The second kappa shape index (κ2) is 5.40. The van der Waals surface area contributed by atoms with Crippen LogP contribution in [-0.4, -0.2) is 8.32 Å². The first-order valence-corrected chi connectivity index (χ1v) is 9.64. The van der Waals surface area contributed by atoms with Gasteiger partial charge in [0.2, 0.25) is 8.32 Å². The Morgan fingerprint density at radius 3 is 2.06 bits per heavy atom.